The van der Waals surface area contributed by atoms with Gasteiger partial charge in [0, 0.05) is 12.2 Å². The maximum absolute atomic E-state index is 6.16. The van der Waals surface area contributed by atoms with Crippen LogP contribution in [0.15, 0.2) is 34.8 Å². The zero-order valence-corrected chi connectivity index (χ0v) is 13.1. The van der Waals surface area contributed by atoms with Crippen molar-refractivity contribution < 1.29 is 4.74 Å². The first-order valence-electron chi connectivity index (χ1n) is 6.03. The molecule has 1 atom stereocenters. The van der Waals surface area contributed by atoms with Gasteiger partial charge >= 0.3 is 0 Å². The molecule has 0 radical (unpaired) electrons. The largest absolute Gasteiger partial charge is 0.371 e. The number of halogens is 2. The van der Waals surface area contributed by atoms with Crippen molar-refractivity contribution in [3.8, 4) is 11.3 Å². The van der Waals surface area contributed by atoms with E-state index in [1.807, 2.05) is 44.2 Å². The van der Waals surface area contributed by atoms with Gasteiger partial charge in [0.25, 0.3) is 0 Å². The molecule has 0 saturated heterocycles. The molecule has 0 bridgehead atoms. The molecule has 0 N–H and O–H groups in total. The summed E-state index contributed by atoms with van der Waals surface area (Å²) >= 11 is 9.60. The van der Waals surface area contributed by atoms with Gasteiger partial charge in [0.05, 0.1) is 10.2 Å². The Kier molecular flexibility index (Phi) is 4.91. The molecule has 0 amide bonds. The number of rotatable bonds is 4. The van der Waals surface area contributed by atoms with Crippen LogP contribution in [-0.2, 0) is 4.74 Å². The highest BCUT2D eigenvalue weighted by Crippen LogP contribution is 2.32. The SMILES string of the molecule is CCOC(C)c1nc(Cl)c(Br)c(-c2ccccc2)n1. The van der Waals surface area contributed by atoms with Gasteiger partial charge in [0.2, 0.25) is 0 Å². The molecule has 1 unspecified atom stereocenters. The fourth-order valence-electron chi connectivity index (χ4n) is 1.73. The van der Waals surface area contributed by atoms with Crippen LogP contribution in [-0.4, -0.2) is 16.6 Å². The zero-order valence-electron chi connectivity index (χ0n) is 10.7. The van der Waals surface area contributed by atoms with Crippen LogP contribution in [0.3, 0.4) is 0 Å². The topological polar surface area (TPSA) is 35.0 Å². The predicted octanol–water partition coefficient (Wildman–Crippen LogP) is 4.66. The van der Waals surface area contributed by atoms with Crippen LogP contribution in [0, 0.1) is 0 Å². The molecular weight excluding hydrogens is 328 g/mol. The second-order valence-electron chi connectivity index (χ2n) is 4.00. The minimum Gasteiger partial charge on any atom is -0.371 e. The van der Waals surface area contributed by atoms with Crippen LogP contribution in [0.2, 0.25) is 5.15 Å². The third-order valence-corrected chi connectivity index (χ3v) is 3.91. The summed E-state index contributed by atoms with van der Waals surface area (Å²) in [6, 6.07) is 9.86. The Balaban J connectivity index is 2.49. The lowest BCUT2D eigenvalue weighted by atomic mass is 10.1. The van der Waals surface area contributed by atoms with Crippen LogP contribution >= 0.6 is 27.5 Å². The van der Waals surface area contributed by atoms with Crippen molar-refractivity contribution in [2.75, 3.05) is 6.61 Å². The highest BCUT2D eigenvalue weighted by molar-refractivity contribution is 9.10. The molecule has 1 aromatic carbocycles. The summed E-state index contributed by atoms with van der Waals surface area (Å²) in [4.78, 5) is 8.81. The first-order valence-corrected chi connectivity index (χ1v) is 7.20. The van der Waals surface area contributed by atoms with Crippen molar-refractivity contribution in [1.82, 2.24) is 9.97 Å². The van der Waals surface area contributed by atoms with Gasteiger partial charge in [-0.15, -0.1) is 0 Å². The molecule has 0 aliphatic heterocycles. The first kappa shape index (κ1) is 14.4. The second kappa shape index (κ2) is 6.46. The van der Waals surface area contributed by atoms with E-state index in [-0.39, 0.29) is 6.10 Å². The van der Waals surface area contributed by atoms with E-state index in [4.69, 9.17) is 16.3 Å². The van der Waals surface area contributed by atoms with Gasteiger partial charge in [0.15, 0.2) is 5.82 Å². The number of benzene rings is 1. The average Bonchev–Trinajstić information content (AvgIpc) is 2.43. The van der Waals surface area contributed by atoms with Crippen molar-refractivity contribution >= 4 is 27.5 Å². The van der Waals surface area contributed by atoms with E-state index in [1.54, 1.807) is 0 Å². The van der Waals surface area contributed by atoms with E-state index in [1.165, 1.54) is 0 Å². The van der Waals surface area contributed by atoms with Gasteiger partial charge in [0.1, 0.15) is 11.3 Å². The van der Waals surface area contributed by atoms with Crippen LogP contribution in [0.4, 0.5) is 0 Å². The summed E-state index contributed by atoms with van der Waals surface area (Å²) in [6.45, 7) is 4.46. The number of hydrogen-bond acceptors (Lipinski definition) is 3. The summed E-state index contributed by atoms with van der Waals surface area (Å²) in [5.41, 5.74) is 1.77. The number of hydrogen-bond donors (Lipinski definition) is 0. The van der Waals surface area contributed by atoms with E-state index in [0.29, 0.717) is 22.1 Å². The maximum Gasteiger partial charge on any atom is 0.159 e. The van der Waals surface area contributed by atoms with E-state index >= 15 is 0 Å². The summed E-state index contributed by atoms with van der Waals surface area (Å²) in [6.07, 6.45) is -0.182. The zero-order chi connectivity index (χ0) is 13.8. The van der Waals surface area contributed by atoms with Gasteiger partial charge in [-0.2, -0.15) is 0 Å². The minimum absolute atomic E-state index is 0.182. The highest BCUT2D eigenvalue weighted by atomic mass is 79.9. The van der Waals surface area contributed by atoms with Crippen molar-refractivity contribution in [2.24, 2.45) is 0 Å². The quantitative estimate of drug-likeness (QED) is 0.759. The lowest BCUT2D eigenvalue weighted by molar-refractivity contribution is 0.0701. The molecule has 0 saturated carbocycles. The first-order chi connectivity index (χ1) is 9.13. The van der Waals surface area contributed by atoms with Gasteiger partial charge in [-0.1, -0.05) is 41.9 Å². The third kappa shape index (κ3) is 3.32. The molecule has 2 aromatic rings. The minimum atomic E-state index is -0.182. The fraction of sp³-hybridized carbons (Fsp3) is 0.286. The number of nitrogens with zero attached hydrogens (tertiary/aromatic N) is 2. The van der Waals surface area contributed by atoms with Gasteiger partial charge in [-0.25, -0.2) is 9.97 Å². The van der Waals surface area contributed by atoms with Crippen LogP contribution < -0.4 is 0 Å². The van der Waals surface area contributed by atoms with Gasteiger partial charge in [-0.3, -0.25) is 0 Å². The van der Waals surface area contributed by atoms with Crippen LogP contribution in [0.1, 0.15) is 25.8 Å². The van der Waals surface area contributed by atoms with Crippen molar-refractivity contribution in [3.63, 3.8) is 0 Å². The summed E-state index contributed by atoms with van der Waals surface area (Å²) in [7, 11) is 0. The highest BCUT2D eigenvalue weighted by Gasteiger charge is 2.16. The number of aromatic nitrogens is 2. The molecule has 5 heteroatoms. The Hall–Kier alpha value is -0.970. The molecule has 19 heavy (non-hydrogen) atoms. The molecule has 100 valence electrons. The standard InChI is InChI=1S/C14H14BrClN2O/c1-3-19-9(2)14-17-12(11(15)13(16)18-14)10-7-5-4-6-8-10/h4-9H,3H2,1-2H3. The molecule has 0 fully saturated rings. The van der Waals surface area contributed by atoms with E-state index in [2.05, 4.69) is 25.9 Å². The van der Waals surface area contributed by atoms with Gasteiger partial charge < -0.3 is 4.74 Å². The van der Waals surface area contributed by atoms with Crippen molar-refractivity contribution in [1.29, 1.82) is 0 Å². The van der Waals surface area contributed by atoms with E-state index < -0.39 is 0 Å². The lowest BCUT2D eigenvalue weighted by Crippen LogP contribution is -2.07. The second-order valence-corrected chi connectivity index (χ2v) is 5.15. The Morgan fingerprint density at radius 2 is 1.95 bits per heavy atom. The molecular formula is C14H14BrClN2O. The molecule has 0 spiro atoms. The molecule has 0 aliphatic rings. The Bertz CT molecular complexity index is 563. The molecule has 1 aromatic heterocycles. The Morgan fingerprint density at radius 1 is 1.26 bits per heavy atom. The maximum atomic E-state index is 6.16. The summed E-state index contributed by atoms with van der Waals surface area (Å²) < 4.78 is 6.22. The van der Waals surface area contributed by atoms with E-state index in [0.717, 1.165) is 11.3 Å². The third-order valence-electron chi connectivity index (χ3n) is 2.66. The monoisotopic (exact) mass is 340 g/mol. The van der Waals surface area contributed by atoms with Crippen LogP contribution in [0.25, 0.3) is 11.3 Å². The predicted molar refractivity (Wildman–Crippen MR) is 80.2 cm³/mol. The lowest BCUT2D eigenvalue weighted by Gasteiger charge is -2.13. The summed E-state index contributed by atoms with van der Waals surface area (Å²) in [5.74, 6) is 0.592. The normalized spacial score (nSPS) is 12.4. The van der Waals surface area contributed by atoms with Crippen LogP contribution in [0.5, 0.6) is 0 Å². The molecule has 3 nitrogen and oxygen atoms in total. The van der Waals surface area contributed by atoms with Crippen molar-refractivity contribution in [2.45, 2.75) is 20.0 Å². The smallest absolute Gasteiger partial charge is 0.159 e. The molecule has 1 heterocycles. The molecule has 2 rings (SSSR count). The number of ether oxygens (including phenoxy) is 1. The van der Waals surface area contributed by atoms with Gasteiger partial charge in [-0.05, 0) is 29.8 Å². The van der Waals surface area contributed by atoms with E-state index in [9.17, 15) is 0 Å². The Labute approximate surface area is 126 Å². The fourth-order valence-corrected chi connectivity index (χ4v) is 2.31. The average molecular weight is 342 g/mol. The molecule has 0 aliphatic carbocycles. The Morgan fingerprint density at radius 3 is 2.58 bits per heavy atom. The summed E-state index contributed by atoms with van der Waals surface area (Å²) in [5, 5.41) is 0.399. The van der Waals surface area contributed by atoms with Crippen molar-refractivity contribution in [3.05, 3.63) is 45.8 Å².